The van der Waals surface area contributed by atoms with Crippen LogP contribution in [-0.4, -0.2) is 43.5 Å². The lowest BCUT2D eigenvalue weighted by molar-refractivity contribution is 0.198. The number of hydrogen-bond donors (Lipinski definition) is 2. The number of fused-ring (bicyclic) bond motifs is 1. The number of aliphatic hydroxyl groups excluding tert-OH is 1. The zero-order chi connectivity index (χ0) is 23.0. The number of primary amides is 1. The SMILES string of the molecule is Cc1nn(C)c2nc(N(CC(C)O)N(C(N)=O)c3cc(Cl)nc(Cl)c3)cc(C(C)C)c12. The lowest BCUT2D eigenvalue weighted by Gasteiger charge is -2.35. The van der Waals surface area contributed by atoms with Crippen LogP contribution in [0.15, 0.2) is 18.2 Å². The first-order valence-corrected chi connectivity index (χ1v) is 10.5. The second-order valence-corrected chi connectivity index (χ2v) is 8.46. The molecule has 0 aliphatic carbocycles. The number of carbonyl (C=O) groups excluding carboxylic acids is 1. The summed E-state index contributed by atoms with van der Waals surface area (Å²) in [5.74, 6) is 0.579. The number of urea groups is 1. The third-order valence-corrected chi connectivity index (χ3v) is 5.14. The molecule has 3 aromatic heterocycles. The minimum Gasteiger partial charge on any atom is -0.391 e. The summed E-state index contributed by atoms with van der Waals surface area (Å²) in [5.41, 5.74) is 8.57. The number of halogens is 2. The average molecular weight is 466 g/mol. The van der Waals surface area contributed by atoms with E-state index in [2.05, 4.69) is 23.9 Å². The summed E-state index contributed by atoms with van der Waals surface area (Å²) in [6, 6.07) is 4.00. The Kier molecular flexibility index (Phi) is 6.59. The summed E-state index contributed by atoms with van der Waals surface area (Å²) in [4.78, 5) is 21.2. The number of rotatable bonds is 6. The van der Waals surface area contributed by atoms with E-state index in [-0.39, 0.29) is 22.8 Å². The first-order valence-electron chi connectivity index (χ1n) is 9.72. The van der Waals surface area contributed by atoms with E-state index >= 15 is 0 Å². The first kappa shape index (κ1) is 23.1. The van der Waals surface area contributed by atoms with E-state index in [0.29, 0.717) is 17.2 Å². The van der Waals surface area contributed by atoms with Gasteiger partial charge in [0.2, 0.25) is 0 Å². The highest BCUT2D eigenvalue weighted by molar-refractivity contribution is 6.33. The van der Waals surface area contributed by atoms with E-state index in [1.54, 1.807) is 11.6 Å². The second kappa shape index (κ2) is 8.86. The fourth-order valence-electron chi connectivity index (χ4n) is 3.54. The Labute approximate surface area is 190 Å². The molecule has 0 aromatic carbocycles. The zero-order valence-electron chi connectivity index (χ0n) is 18.0. The molecular formula is C20H25Cl2N7O2. The normalized spacial score (nSPS) is 12.4. The number of anilines is 2. The van der Waals surface area contributed by atoms with Gasteiger partial charge >= 0.3 is 6.03 Å². The van der Waals surface area contributed by atoms with Crippen LogP contribution in [0.25, 0.3) is 11.0 Å². The maximum absolute atomic E-state index is 12.5. The summed E-state index contributed by atoms with van der Waals surface area (Å²) >= 11 is 12.1. The first-order chi connectivity index (χ1) is 14.5. The number of amides is 2. The van der Waals surface area contributed by atoms with Gasteiger partial charge in [0.05, 0.1) is 24.0 Å². The van der Waals surface area contributed by atoms with Gasteiger partial charge in [0.15, 0.2) is 11.5 Å². The van der Waals surface area contributed by atoms with Crippen molar-refractivity contribution in [2.45, 2.75) is 39.7 Å². The van der Waals surface area contributed by atoms with Crippen molar-refractivity contribution in [3.63, 3.8) is 0 Å². The molecule has 0 bridgehead atoms. The number of aromatic nitrogens is 4. The van der Waals surface area contributed by atoms with Crippen molar-refractivity contribution < 1.29 is 9.90 Å². The van der Waals surface area contributed by atoms with E-state index in [1.165, 1.54) is 22.2 Å². The van der Waals surface area contributed by atoms with Crippen molar-refractivity contribution >= 4 is 51.8 Å². The van der Waals surface area contributed by atoms with Gasteiger partial charge in [-0.15, -0.1) is 0 Å². The number of hydrogen-bond acceptors (Lipinski definition) is 6. The minimum atomic E-state index is -0.803. The molecule has 3 heterocycles. The van der Waals surface area contributed by atoms with E-state index in [9.17, 15) is 9.90 Å². The molecule has 31 heavy (non-hydrogen) atoms. The van der Waals surface area contributed by atoms with E-state index in [4.69, 9.17) is 33.9 Å². The third-order valence-electron chi connectivity index (χ3n) is 4.75. The fraction of sp³-hybridized carbons (Fsp3) is 0.400. The van der Waals surface area contributed by atoms with Crippen molar-refractivity contribution in [1.82, 2.24) is 19.7 Å². The Bertz CT molecular complexity index is 1110. The molecule has 9 nitrogen and oxygen atoms in total. The number of aryl methyl sites for hydroxylation is 2. The molecule has 11 heteroatoms. The van der Waals surface area contributed by atoms with Gasteiger partial charge in [-0.1, -0.05) is 37.0 Å². The summed E-state index contributed by atoms with van der Waals surface area (Å²) < 4.78 is 1.69. The fourth-order valence-corrected chi connectivity index (χ4v) is 3.99. The lowest BCUT2D eigenvalue weighted by Crippen LogP contribution is -2.52. The summed E-state index contributed by atoms with van der Waals surface area (Å²) in [7, 11) is 1.81. The Hall–Kier alpha value is -2.62. The molecule has 0 saturated heterocycles. The molecule has 2 amide bonds. The van der Waals surface area contributed by atoms with E-state index in [0.717, 1.165) is 16.6 Å². The predicted molar refractivity (Wildman–Crippen MR) is 123 cm³/mol. The van der Waals surface area contributed by atoms with Crippen LogP contribution < -0.4 is 15.8 Å². The Morgan fingerprint density at radius 1 is 1.19 bits per heavy atom. The number of carbonyl (C=O) groups is 1. The van der Waals surface area contributed by atoms with Crippen LogP contribution in [-0.2, 0) is 7.05 Å². The van der Waals surface area contributed by atoms with Crippen LogP contribution in [0.2, 0.25) is 10.3 Å². The molecule has 0 saturated carbocycles. The molecule has 0 aliphatic rings. The van der Waals surface area contributed by atoms with Gasteiger partial charge in [-0.05, 0) is 31.4 Å². The van der Waals surface area contributed by atoms with Crippen LogP contribution in [0, 0.1) is 6.92 Å². The van der Waals surface area contributed by atoms with Gasteiger partial charge in [0.1, 0.15) is 10.3 Å². The number of nitrogens with zero attached hydrogens (tertiary/aromatic N) is 6. The van der Waals surface area contributed by atoms with Crippen molar-refractivity contribution in [2.75, 3.05) is 16.6 Å². The molecule has 0 aliphatic heterocycles. The molecule has 0 radical (unpaired) electrons. The summed E-state index contributed by atoms with van der Waals surface area (Å²) in [6.07, 6.45) is -0.803. The summed E-state index contributed by atoms with van der Waals surface area (Å²) in [5, 5.41) is 18.5. The van der Waals surface area contributed by atoms with Crippen molar-refractivity contribution in [2.24, 2.45) is 12.8 Å². The average Bonchev–Trinajstić information content (AvgIpc) is 2.93. The van der Waals surface area contributed by atoms with Crippen LogP contribution >= 0.6 is 23.2 Å². The van der Waals surface area contributed by atoms with Gasteiger partial charge in [-0.25, -0.2) is 19.8 Å². The molecular weight excluding hydrogens is 441 g/mol. The van der Waals surface area contributed by atoms with Crippen molar-refractivity contribution in [1.29, 1.82) is 0 Å². The van der Waals surface area contributed by atoms with Crippen LogP contribution in [0.4, 0.5) is 16.3 Å². The number of nitrogens with two attached hydrogens (primary N) is 1. The van der Waals surface area contributed by atoms with Crippen LogP contribution in [0.3, 0.4) is 0 Å². The molecule has 0 fully saturated rings. The molecule has 1 unspecified atom stereocenters. The number of pyridine rings is 2. The predicted octanol–water partition coefficient (Wildman–Crippen LogP) is 3.79. The maximum atomic E-state index is 12.5. The molecule has 1 atom stereocenters. The van der Waals surface area contributed by atoms with Crippen LogP contribution in [0.5, 0.6) is 0 Å². The molecule has 3 rings (SSSR count). The lowest BCUT2D eigenvalue weighted by atomic mass is 9.99. The van der Waals surface area contributed by atoms with E-state index in [1.807, 2.05) is 20.0 Å². The maximum Gasteiger partial charge on any atom is 0.338 e. The Morgan fingerprint density at radius 3 is 2.32 bits per heavy atom. The zero-order valence-corrected chi connectivity index (χ0v) is 19.5. The molecule has 3 N–H and O–H groups in total. The second-order valence-electron chi connectivity index (χ2n) is 7.68. The Balaban J connectivity index is 2.27. The van der Waals surface area contributed by atoms with Gasteiger partial charge in [0, 0.05) is 24.6 Å². The van der Waals surface area contributed by atoms with Crippen molar-refractivity contribution in [3.05, 3.63) is 39.8 Å². The number of hydrazine groups is 1. The molecule has 0 spiro atoms. The number of aliphatic hydroxyl groups is 1. The molecule has 166 valence electrons. The van der Waals surface area contributed by atoms with Crippen molar-refractivity contribution in [3.8, 4) is 0 Å². The van der Waals surface area contributed by atoms with E-state index < -0.39 is 12.1 Å². The monoisotopic (exact) mass is 465 g/mol. The highest BCUT2D eigenvalue weighted by atomic mass is 35.5. The van der Waals surface area contributed by atoms with Crippen LogP contribution in [0.1, 0.15) is 37.9 Å². The topological polar surface area (TPSA) is 113 Å². The van der Waals surface area contributed by atoms with Gasteiger partial charge in [-0.2, -0.15) is 5.10 Å². The van der Waals surface area contributed by atoms with Gasteiger partial charge < -0.3 is 10.8 Å². The van der Waals surface area contributed by atoms with Gasteiger partial charge in [0.25, 0.3) is 0 Å². The smallest absolute Gasteiger partial charge is 0.338 e. The highest BCUT2D eigenvalue weighted by Crippen LogP contribution is 2.33. The molecule has 3 aromatic rings. The Morgan fingerprint density at radius 2 is 1.81 bits per heavy atom. The quantitative estimate of drug-likeness (QED) is 0.422. The highest BCUT2D eigenvalue weighted by Gasteiger charge is 2.27. The summed E-state index contributed by atoms with van der Waals surface area (Å²) in [6.45, 7) is 7.71. The van der Waals surface area contributed by atoms with Gasteiger partial charge in [-0.3, -0.25) is 9.69 Å². The largest absolute Gasteiger partial charge is 0.391 e. The standard InChI is InChI=1S/C20H25Cl2N7O2/c1-10(2)14-8-17(25-19-18(14)12(4)26-27(19)5)28(9-11(3)30)29(20(23)31)13-6-15(21)24-16(22)7-13/h6-8,10-11,30H,9H2,1-5H3,(H2,23,31). The minimum absolute atomic E-state index is 0.0351. The third kappa shape index (κ3) is 4.68.